The van der Waals surface area contributed by atoms with Crippen molar-refractivity contribution in [2.45, 2.75) is 51.5 Å². The van der Waals surface area contributed by atoms with Crippen molar-refractivity contribution in [2.75, 3.05) is 18.1 Å². The van der Waals surface area contributed by atoms with E-state index >= 15 is 0 Å². The molecule has 1 N–H and O–H groups in total. The molecule has 29 heavy (non-hydrogen) atoms. The van der Waals surface area contributed by atoms with Crippen molar-refractivity contribution in [3.63, 3.8) is 0 Å². The summed E-state index contributed by atoms with van der Waals surface area (Å²) < 4.78 is 12.0. The van der Waals surface area contributed by atoms with E-state index in [1.165, 1.54) is 11.1 Å². The highest BCUT2D eigenvalue weighted by molar-refractivity contribution is 5.98. The first-order valence-electron chi connectivity index (χ1n) is 10.6. The zero-order valence-corrected chi connectivity index (χ0v) is 16.6. The fraction of sp³-hybridized carbons (Fsp3) is 0.478. The number of piperidine rings is 1. The molecule has 2 aromatic rings. The van der Waals surface area contributed by atoms with Gasteiger partial charge in [0.1, 0.15) is 17.7 Å². The van der Waals surface area contributed by atoms with Gasteiger partial charge in [0.05, 0.1) is 31.0 Å². The Labute approximate surface area is 170 Å². The van der Waals surface area contributed by atoms with Crippen LogP contribution in [0.2, 0.25) is 0 Å². The van der Waals surface area contributed by atoms with Gasteiger partial charge in [0, 0.05) is 24.9 Å². The number of nitrogens with one attached hydrogen (secondary N) is 1. The summed E-state index contributed by atoms with van der Waals surface area (Å²) in [6.07, 6.45) is 3.39. The maximum absolute atomic E-state index is 11.9. The van der Waals surface area contributed by atoms with Crippen LogP contribution < -0.4 is 15.0 Å². The number of hydrogen-bond donors (Lipinski definition) is 1. The van der Waals surface area contributed by atoms with Gasteiger partial charge in [0.25, 0.3) is 5.91 Å². The summed E-state index contributed by atoms with van der Waals surface area (Å²) in [5.41, 5.74) is 5.34. The number of benzene rings is 1. The number of ether oxygens (including phenoxy) is 2. The number of hydrogen-bond acceptors (Lipinski definition) is 5. The Morgan fingerprint density at radius 1 is 1.28 bits per heavy atom. The molecule has 0 bridgehead atoms. The number of aromatic nitrogens is 1. The molecular weight excluding hydrogens is 366 g/mol. The molecule has 6 nitrogen and oxygen atoms in total. The van der Waals surface area contributed by atoms with Crippen LogP contribution >= 0.6 is 0 Å². The van der Waals surface area contributed by atoms with E-state index in [0.717, 1.165) is 60.8 Å². The first-order chi connectivity index (χ1) is 14.2. The van der Waals surface area contributed by atoms with Crippen LogP contribution in [-0.4, -0.2) is 36.2 Å². The first kappa shape index (κ1) is 17.3. The van der Waals surface area contributed by atoms with Crippen LogP contribution in [0.3, 0.4) is 0 Å². The highest BCUT2D eigenvalue weighted by Crippen LogP contribution is 2.47. The van der Waals surface area contributed by atoms with Gasteiger partial charge in [-0.25, -0.2) is 4.98 Å². The van der Waals surface area contributed by atoms with Gasteiger partial charge in [0.2, 0.25) is 0 Å². The minimum atomic E-state index is -0.00555. The SMILES string of the molecule is Cc1cc2c(nc1N1CCC(Oc3ccc4c(c3)COCC4)C3CC31)CNC2=O. The van der Waals surface area contributed by atoms with Gasteiger partial charge < -0.3 is 19.7 Å². The van der Waals surface area contributed by atoms with E-state index in [1.807, 2.05) is 6.07 Å². The zero-order chi connectivity index (χ0) is 19.5. The number of carbonyl (C=O) groups is 1. The highest BCUT2D eigenvalue weighted by Gasteiger charge is 2.52. The standard InChI is InChI=1S/C23H25N3O3/c1-13-8-17-19(11-24-23(17)27)25-22(13)26-6-4-21(18-10-20(18)26)29-16-3-2-14-5-7-28-12-15(14)9-16/h2-3,8-9,18,20-21H,4-7,10-12H2,1H3,(H,24,27). The first-order valence-corrected chi connectivity index (χ1v) is 10.6. The maximum Gasteiger partial charge on any atom is 0.253 e. The average molecular weight is 391 g/mol. The Bertz CT molecular complexity index is 1010. The predicted octanol–water partition coefficient (Wildman–Crippen LogP) is 2.75. The van der Waals surface area contributed by atoms with Crippen LogP contribution in [0, 0.1) is 12.8 Å². The fourth-order valence-corrected chi connectivity index (χ4v) is 5.13. The van der Waals surface area contributed by atoms with Crippen molar-refractivity contribution in [3.8, 4) is 5.75 Å². The van der Waals surface area contributed by atoms with Gasteiger partial charge in [0.15, 0.2) is 0 Å². The van der Waals surface area contributed by atoms with Crippen molar-refractivity contribution in [1.29, 1.82) is 0 Å². The second-order valence-corrected chi connectivity index (χ2v) is 8.64. The number of pyridine rings is 1. The molecule has 4 aliphatic rings. The highest BCUT2D eigenvalue weighted by atomic mass is 16.5. The molecule has 1 aromatic carbocycles. The average Bonchev–Trinajstić information content (AvgIpc) is 3.47. The summed E-state index contributed by atoms with van der Waals surface area (Å²) in [4.78, 5) is 19.2. The number of nitrogens with zero attached hydrogens (tertiary/aromatic N) is 2. The van der Waals surface area contributed by atoms with E-state index in [-0.39, 0.29) is 12.0 Å². The predicted molar refractivity (Wildman–Crippen MR) is 108 cm³/mol. The topological polar surface area (TPSA) is 63.7 Å². The van der Waals surface area contributed by atoms with Gasteiger partial charge in [-0.3, -0.25) is 4.79 Å². The van der Waals surface area contributed by atoms with Crippen molar-refractivity contribution >= 4 is 11.7 Å². The monoisotopic (exact) mass is 391 g/mol. The van der Waals surface area contributed by atoms with Crippen LogP contribution in [0.15, 0.2) is 24.3 Å². The quantitative estimate of drug-likeness (QED) is 0.872. The molecule has 150 valence electrons. The van der Waals surface area contributed by atoms with Crippen molar-refractivity contribution in [3.05, 3.63) is 52.2 Å². The van der Waals surface area contributed by atoms with Crippen molar-refractivity contribution in [1.82, 2.24) is 10.3 Å². The second kappa shape index (κ2) is 6.46. The summed E-state index contributed by atoms with van der Waals surface area (Å²) in [7, 11) is 0. The van der Waals surface area contributed by atoms with Crippen LogP contribution in [0.25, 0.3) is 0 Å². The van der Waals surface area contributed by atoms with Crippen LogP contribution in [0.1, 0.15) is 45.6 Å². The van der Waals surface area contributed by atoms with Gasteiger partial charge in [-0.1, -0.05) is 6.07 Å². The van der Waals surface area contributed by atoms with E-state index < -0.39 is 0 Å². The lowest BCUT2D eigenvalue weighted by molar-refractivity contribution is 0.0965. The van der Waals surface area contributed by atoms with Crippen molar-refractivity contribution < 1.29 is 14.3 Å². The lowest BCUT2D eigenvalue weighted by Gasteiger charge is -2.33. The summed E-state index contributed by atoms with van der Waals surface area (Å²) in [6.45, 7) is 5.04. The lowest BCUT2D eigenvalue weighted by Crippen LogP contribution is -2.40. The summed E-state index contributed by atoms with van der Waals surface area (Å²) in [5, 5.41) is 2.87. The molecule has 1 saturated carbocycles. The third-order valence-electron chi connectivity index (χ3n) is 6.77. The molecule has 1 amide bonds. The van der Waals surface area contributed by atoms with Crippen molar-refractivity contribution in [2.24, 2.45) is 5.92 Å². The second-order valence-electron chi connectivity index (χ2n) is 8.64. The summed E-state index contributed by atoms with van der Waals surface area (Å²) in [5.74, 6) is 2.55. The molecule has 1 aliphatic carbocycles. The van der Waals surface area contributed by atoms with Gasteiger partial charge in [-0.2, -0.15) is 0 Å². The van der Waals surface area contributed by atoms with E-state index in [2.05, 4.69) is 35.3 Å². The molecule has 1 saturated heterocycles. The minimum absolute atomic E-state index is 0.00555. The summed E-state index contributed by atoms with van der Waals surface area (Å²) >= 11 is 0. The van der Waals surface area contributed by atoms with E-state index in [4.69, 9.17) is 14.5 Å². The number of fused-ring (bicyclic) bond motifs is 3. The Morgan fingerprint density at radius 3 is 3.14 bits per heavy atom. The molecule has 6 rings (SSSR count). The van der Waals surface area contributed by atoms with E-state index in [9.17, 15) is 4.79 Å². The molecule has 2 fully saturated rings. The number of anilines is 1. The molecule has 6 heteroatoms. The molecular formula is C23H25N3O3. The van der Waals surface area contributed by atoms with Gasteiger partial charge in [-0.15, -0.1) is 0 Å². The van der Waals surface area contributed by atoms with Gasteiger partial charge >= 0.3 is 0 Å². The van der Waals surface area contributed by atoms with Gasteiger partial charge in [-0.05, 0) is 54.7 Å². The Kier molecular flexibility index (Phi) is 3.85. The zero-order valence-electron chi connectivity index (χ0n) is 16.6. The minimum Gasteiger partial charge on any atom is -0.490 e. The van der Waals surface area contributed by atoms with E-state index in [1.54, 1.807) is 0 Å². The number of aryl methyl sites for hydroxylation is 1. The Morgan fingerprint density at radius 2 is 2.21 bits per heavy atom. The third kappa shape index (κ3) is 2.89. The third-order valence-corrected chi connectivity index (χ3v) is 6.77. The number of amides is 1. The normalized spacial score (nSPS) is 27.0. The molecule has 4 heterocycles. The fourth-order valence-electron chi connectivity index (χ4n) is 5.13. The Balaban J connectivity index is 1.18. The molecule has 3 unspecified atom stereocenters. The number of rotatable bonds is 3. The molecule has 0 radical (unpaired) electrons. The van der Waals surface area contributed by atoms with Crippen LogP contribution in [0.5, 0.6) is 5.75 Å². The maximum atomic E-state index is 11.9. The molecule has 0 spiro atoms. The Hall–Kier alpha value is -2.60. The molecule has 1 aromatic heterocycles. The smallest absolute Gasteiger partial charge is 0.253 e. The lowest BCUT2D eigenvalue weighted by atomic mass is 10.0. The summed E-state index contributed by atoms with van der Waals surface area (Å²) in [6, 6.07) is 8.96. The van der Waals surface area contributed by atoms with E-state index in [0.29, 0.717) is 25.1 Å². The van der Waals surface area contributed by atoms with Crippen LogP contribution in [0.4, 0.5) is 5.82 Å². The molecule has 3 atom stereocenters. The van der Waals surface area contributed by atoms with Crippen LogP contribution in [-0.2, 0) is 24.3 Å². The molecule has 3 aliphatic heterocycles. The largest absolute Gasteiger partial charge is 0.490 e. The number of carbonyl (C=O) groups excluding carboxylic acids is 1.